The van der Waals surface area contributed by atoms with Gasteiger partial charge in [-0.2, -0.15) is 18.3 Å². The highest BCUT2D eigenvalue weighted by molar-refractivity contribution is 4.82. The van der Waals surface area contributed by atoms with Crippen molar-refractivity contribution in [2.45, 2.75) is 25.7 Å². The van der Waals surface area contributed by atoms with Gasteiger partial charge in [0.25, 0.3) is 0 Å². The summed E-state index contributed by atoms with van der Waals surface area (Å²) in [6.07, 6.45) is -2.37. The van der Waals surface area contributed by atoms with Gasteiger partial charge in [-0.1, -0.05) is 0 Å². The van der Waals surface area contributed by atoms with E-state index >= 15 is 0 Å². The van der Waals surface area contributed by atoms with Crippen LogP contribution in [0.2, 0.25) is 0 Å². The molecule has 0 bridgehead atoms. The summed E-state index contributed by atoms with van der Waals surface area (Å²) in [5, 5.41) is 6.90. The number of hydrogen-bond acceptors (Lipinski definition) is 4. The Balaban J connectivity index is 2.20. The maximum Gasteiger partial charge on any atom is 0.411 e. The SMILES string of the molecule is CNCc1ncnn1CCCOCC(F)(F)F. The van der Waals surface area contributed by atoms with Crippen LogP contribution >= 0.6 is 0 Å². The third kappa shape index (κ3) is 5.64. The molecule has 0 saturated carbocycles. The van der Waals surface area contributed by atoms with E-state index in [1.165, 1.54) is 6.33 Å². The minimum atomic E-state index is -4.26. The quantitative estimate of drug-likeness (QED) is 0.735. The van der Waals surface area contributed by atoms with E-state index in [4.69, 9.17) is 0 Å². The van der Waals surface area contributed by atoms with Gasteiger partial charge >= 0.3 is 6.18 Å². The third-order valence-electron chi connectivity index (χ3n) is 1.95. The summed E-state index contributed by atoms with van der Waals surface area (Å²) in [5.74, 6) is 0.753. The van der Waals surface area contributed by atoms with Gasteiger partial charge in [-0.3, -0.25) is 0 Å². The molecule has 0 radical (unpaired) electrons. The van der Waals surface area contributed by atoms with Crippen molar-refractivity contribution in [2.24, 2.45) is 0 Å². The van der Waals surface area contributed by atoms with Crippen molar-refractivity contribution in [3.8, 4) is 0 Å². The smallest absolute Gasteiger partial charge is 0.372 e. The first-order valence-electron chi connectivity index (χ1n) is 5.18. The van der Waals surface area contributed by atoms with E-state index in [1.54, 1.807) is 11.7 Å². The Bertz CT molecular complexity index is 326. The molecule has 1 rings (SSSR count). The molecular formula is C9H15F3N4O. The predicted octanol–water partition coefficient (Wildman–Crippen LogP) is 0.966. The van der Waals surface area contributed by atoms with Gasteiger partial charge in [0.15, 0.2) is 0 Å². The number of aromatic nitrogens is 3. The van der Waals surface area contributed by atoms with Crippen LogP contribution in [-0.4, -0.2) is 41.2 Å². The second kappa shape index (κ2) is 6.55. The van der Waals surface area contributed by atoms with Crippen LogP contribution in [-0.2, 0) is 17.8 Å². The fourth-order valence-corrected chi connectivity index (χ4v) is 1.27. The summed E-state index contributed by atoms with van der Waals surface area (Å²) in [7, 11) is 1.78. The maximum atomic E-state index is 11.8. The Hall–Kier alpha value is -1.15. The van der Waals surface area contributed by atoms with Crippen molar-refractivity contribution in [3.05, 3.63) is 12.2 Å². The van der Waals surface area contributed by atoms with Crippen LogP contribution in [0.4, 0.5) is 13.2 Å². The van der Waals surface area contributed by atoms with E-state index in [1.807, 2.05) is 0 Å². The molecule has 1 heterocycles. The van der Waals surface area contributed by atoms with E-state index in [2.05, 4.69) is 20.1 Å². The van der Waals surface area contributed by atoms with Crippen LogP contribution in [0.3, 0.4) is 0 Å². The number of nitrogens with one attached hydrogen (secondary N) is 1. The zero-order valence-electron chi connectivity index (χ0n) is 9.50. The van der Waals surface area contributed by atoms with Gasteiger partial charge in [-0.05, 0) is 13.5 Å². The van der Waals surface area contributed by atoms with Gasteiger partial charge in [-0.25, -0.2) is 9.67 Å². The predicted molar refractivity (Wildman–Crippen MR) is 54.3 cm³/mol. The topological polar surface area (TPSA) is 52.0 Å². The van der Waals surface area contributed by atoms with Crippen LogP contribution in [0.25, 0.3) is 0 Å². The molecule has 0 aromatic carbocycles. The monoisotopic (exact) mass is 252 g/mol. The Kier molecular flexibility index (Phi) is 5.36. The Morgan fingerprint density at radius 3 is 2.88 bits per heavy atom. The molecule has 0 spiro atoms. The zero-order chi connectivity index (χ0) is 12.7. The van der Waals surface area contributed by atoms with Gasteiger partial charge < -0.3 is 10.1 Å². The second-order valence-electron chi connectivity index (χ2n) is 3.45. The largest absolute Gasteiger partial charge is 0.411 e. The van der Waals surface area contributed by atoms with Crippen molar-refractivity contribution in [3.63, 3.8) is 0 Å². The van der Waals surface area contributed by atoms with Crippen LogP contribution < -0.4 is 5.32 Å². The summed E-state index contributed by atoms with van der Waals surface area (Å²) >= 11 is 0. The van der Waals surface area contributed by atoms with E-state index < -0.39 is 12.8 Å². The summed E-state index contributed by atoms with van der Waals surface area (Å²) in [6.45, 7) is -0.0790. The molecule has 0 atom stereocenters. The van der Waals surface area contributed by atoms with Crippen LogP contribution in [0.15, 0.2) is 6.33 Å². The van der Waals surface area contributed by atoms with Gasteiger partial charge in [0.2, 0.25) is 0 Å². The van der Waals surface area contributed by atoms with Crippen LogP contribution in [0, 0.1) is 0 Å². The molecule has 0 amide bonds. The van der Waals surface area contributed by atoms with Crippen LogP contribution in [0.5, 0.6) is 0 Å². The van der Waals surface area contributed by atoms with Crippen molar-refractivity contribution in [1.29, 1.82) is 0 Å². The Morgan fingerprint density at radius 1 is 1.47 bits per heavy atom. The fourth-order valence-electron chi connectivity index (χ4n) is 1.27. The molecule has 0 unspecified atom stereocenters. The average Bonchev–Trinajstić information content (AvgIpc) is 2.64. The van der Waals surface area contributed by atoms with E-state index in [-0.39, 0.29) is 6.61 Å². The Labute approximate surface area is 97.0 Å². The Morgan fingerprint density at radius 2 is 2.24 bits per heavy atom. The molecule has 0 aliphatic carbocycles. The number of ether oxygens (including phenoxy) is 1. The van der Waals surface area contributed by atoms with Crippen molar-refractivity contribution in [2.75, 3.05) is 20.3 Å². The van der Waals surface area contributed by atoms with Gasteiger partial charge in [-0.15, -0.1) is 0 Å². The first kappa shape index (κ1) is 13.9. The number of hydrogen-bond donors (Lipinski definition) is 1. The highest BCUT2D eigenvalue weighted by Gasteiger charge is 2.27. The standard InChI is InChI=1S/C9H15F3N4O/c1-13-5-8-14-7-15-16(8)3-2-4-17-6-9(10,11)12/h7,13H,2-6H2,1H3. The number of halogens is 3. The van der Waals surface area contributed by atoms with Crippen molar-refractivity contribution >= 4 is 0 Å². The lowest BCUT2D eigenvalue weighted by atomic mass is 10.4. The van der Waals surface area contributed by atoms with Gasteiger partial charge in [0.05, 0.1) is 6.54 Å². The van der Waals surface area contributed by atoms with E-state index in [9.17, 15) is 13.2 Å². The molecule has 17 heavy (non-hydrogen) atoms. The van der Waals surface area contributed by atoms with E-state index in [0.29, 0.717) is 19.5 Å². The second-order valence-corrected chi connectivity index (χ2v) is 3.45. The van der Waals surface area contributed by atoms with E-state index in [0.717, 1.165) is 5.82 Å². The minimum Gasteiger partial charge on any atom is -0.372 e. The molecule has 0 aliphatic rings. The molecule has 0 saturated heterocycles. The average molecular weight is 252 g/mol. The molecule has 1 aromatic rings. The molecule has 0 aliphatic heterocycles. The summed E-state index contributed by atoms with van der Waals surface area (Å²) in [6, 6.07) is 0. The van der Waals surface area contributed by atoms with Gasteiger partial charge in [0.1, 0.15) is 18.8 Å². The summed E-state index contributed by atoms with van der Waals surface area (Å²) < 4.78 is 41.4. The lowest BCUT2D eigenvalue weighted by Gasteiger charge is -2.08. The maximum absolute atomic E-state index is 11.8. The number of nitrogens with zero attached hydrogens (tertiary/aromatic N) is 3. The fraction of sp³-hybridized carbons (Fsp3) is 0.778. The lowest BCUT2D eigenvalue weighted by Crippen LogP contribution is -2.18. The highest BCUT2D eigenvalue weighted by Crippen LogP contribution is 2.14. The molecule has 8 heteroatoms. The summed E-state index contributed by atoms with van der Waals surface area (Å²) in [4.78, 5) is 4.01. The highest BCUT2D eigenvalue weighted by atomic mass is 19.4. The molecule has 1 N–H and O–H groups in total. The lowest BCUT2D eigenvalue weighted by molar-refractivity contribution is -0.174. The number of aryl methyl sites for hydroxylation is 1. The minimum absolute atomic E-state index is 0.0539. The van der Waals surface area contributed by atoms with Crippen LogP contribution in [0.1, 0.15) is 12.2 Å². The van der Waals surface area contributed by atoms with Crippen molar-refractivity contribution in [1.82, 2.24) is 20.1 Å². The first-order chi connectivity index (χ1) is 8.03. The van der Waals surface area contributed by atoms with Gasteiger partial charge in [0, 0.05) is 13.2 Å². The molecule has 0 fully saturated rings. The number of rotatable bonds is 7. The molecule has 98 valence electrons. The molecule has 1 aromatic heterocycles. The zero-order valence-corrected chi connectivity index (χ0v) is 9.50. The molecule has 5 nitrogen and oxygen atoms in total. The molecular weight excluding hydrogens is 237 g/mol. The first-order valence-corrected chi connectivity index (χ1v) is 5.18. The number of alkyl halides is 3. The third-order valence-corrected chi connectivity index (χ3v) is 1.95. The van der Waals surface area contributed by atoms with Crippen molar-refractivity contribution < 1.29 is 17.9 Å². The summed E-state index contributed by atoms with van der Waals surface area (Å²) in [5.41, 5.74) is 0. The normalized spacial score (nSPS) is 12.0.